The lowest BCUT2D eigenvalue weighted by atomic mass is 9.96. The molecule has 0 heterocycles. The van der Waals surface area contributed by atoms with Crippen molar-refractivity contribution in [2.75, 3.05) is 7.05 Å². The number of rotatable bonds is 3. The van der Waals surface area contributed by atoms with Crippen molar-refractivity contribution >= 4 is 10.0 Å². The Balaban J connectivity index is 3.27. The molecule has 0 aliphatic heterocycles. The summed E-state index contributed by atoms with van der Waals surface area (Å²) in [5.74, 6) is 0. The molecule has 1 aromatic rings. The van der Waals surface area contributed by atoms with Gasteiger partial charge in [0.05, 0.1) is 4.90 Å². The van der Waals surface area contributed by atoms with E-state index in [-0.39, 0.29) is 4.90 Å². The van der Waals surface area contributed by atoms with E-state index in [4.69, 9.17) is 5.73 Å². The van der Waals surface area contributed by atoms with Crippen LogP contribution in [0.4, 0.5) is 0 Å². The molecule has 0 radical (unpaired) electrons. The normalized spacial score (nSPS) is 12.8. The molecule has 0 saturated carbocycles. The quantitative estimate of drug-likeness (QED) is 0.803. The Morgan fingerprint density at radius 1 is 1.33 bits per heavy atom. The summed E-state index contributed by atoms with van der Waals surface area (Å²) in [5, 5.41) is 0. The van der Waals surface area contributed by atoms with Gasteiger partial charge in [0.15, 0.2) is 0 Å². The lowest BCUT2D eigenvalue weighted by Crippen LogP contribution is -2.29. The second-order valence-electron chi connectivity index (χ2n) is 3.96. The zero-order valence-corrected chi connectivity index (χ0v) is 9.93. The largest absolute Gasteiger partial charge is 0.322 e. The van der Waals surface area contributed by atoms with Gasteiger partial charge >= 0.3 is 0 Å². The molecule has 1 rings (SSSR count). The fraction of sp³-hybridized carbons (Fsp3) is 0.400. The van der Waals surface area contributed by atoms with E-state index in [9.17, 15) is 8.42 Å². The fourth-order valence-electron chi connectivity index (χ4n) is 1.18. The highest BCUT2D eigenvalue weighted by molar-refractivity contribution is 7.89. The molecule has 4 nitrogen and oxygen atoms in total. The second kappa shape index (κ2) is 3.92. The third-order valence-corrected chi connectivity index (χ3v) is 3.57. The molecule has 1 aromatic carbocycles. The van der Waals surface area contributed by atoms with Gasteiger partial charge < -0.3 is 5.73 Å². The minimum Gasteiger partial charge on any atom is -0.322 e. The van der Waals surface area contributed by atoms with E-state index in [0.29, 0.717) is 0 Å². The third-order valence-electron chi connectivity index (χ3n) is 2.16. The van der Waals surface area contributed by atoms with Crippen LogP contribution in [0.3, 0.4) is 0 Å². The predicted octanol–water partition coefficient (Wildman–Crippen LogP) is 0.788. The Kier molecular flexibility index (Phi) is 3.18. The smallest absolute Gasteiger partial charge is 0.240 e. The first-order chi connectivity index (χ1) is 6.77. The lowest BCUT2D eigenvalue weighted by Gasteiger charge is -2.19. The Morgan fingerprint density at radius 2 is 1.93 bits per heavy atom. The van der Waals surface area contributed by atoms with E-state index >= 15 is 0 Å². The second-order valence-corrected chi connectivity index (χ2v) is 5.84. The SMILES string of the molecule is CNS(=O)(=O)c1cccc(C(C)(C)N)c1. The summed E-state index contributed by atoms with van der Waals surface area (Å²) in [6.45, 7) is 3.66. The van der Waals surface area contributed by atoms with Crippen LogP contribution < -0.4 is 10.5 Å². The molecular weight excluding hydrogens is 212 g/mol. The monoisotopic (exact) mass is 228 g/mol. The van der Waals surface area contributed by atoms with Crippen molar-refractivity contribution in [2.45, 2.75) is 24.3 Å². The van der Waals surface area contributed by atoms with E-state index in [0.717, 1.165) is 5.56 Å². The van der Waals surface area contributed by atoms with Crippen LogP contribution in [-0.4, -0.2) is 15.5 Å². The molecule has 5 heteroatoms. The van der Waals surface area contributed by atoms with Gasteiger partial charge in [0.1, 0.15) is 0 Å². The number of benzene rings is 1. The molecule has 0 amide bonds. The first-order valence-electron chi connectivity index (χ1n) is 4.60. The van der Waals surface area contributed by atoms with E-state index in [1.165, 1.54) is 7.05 Å². The van der Waals surface area contributed by atoms with Gasteiger partial charge in [0.2, 0.25) is 10.0 Å². The number of nitrogens with one attached hydrogen (secondary N) is 1. The average molecular weight is 228 g/mol. The minimum absolute atomic E-state index is 0.237. The van der Waals surface area contributed by atoms with E-state index < -0.39 is 15.6 Å². The summed E-state index contributed by atoms with van der Waals surface area (Å²) in [4.78, 5) is 0.237. The Morgan fingerprint density at radius 3 is 2.40 bits per heavy atom. The van der Waals surface area contributed by atoms with Crippen LogP contribution in [-0.2, 0) is 15.6 Å². The van der Waals surface area contributed by atoms with E-state index in [2.05, 4.69) is 4.72 Å². The Labute approximate surface area is 90.5 Å². The molecule has 15 heavy (non-hydrogen) atoms. The maximum Gasteiger partial charge on any atom is 0.240 e. The van der Waals surface area contributed by atoms with Gasteiger partial charge in [-0.3, -0.25) is 0 Å². The highest BCUT2D eigenvalue weighted by Crippen LogP contribution is 2.19. The van der Waals surface area contributed by atoms with Crippen molar-refractivity contribution in [3.63, 3.8) is 0 Å². The summed E-state index contributed by atoms with van der Waals surface area (Å²) in [7, 11) is -2.00. The fourth-order valence-corrected chi connectivity index (χ4v) is 1.96. The topological polar surface area (TPSA) is 72.2 Å². The first kappa shape index (κ1) is 12.2. The van der Waals surface area contributed by atoms with Crippen LogP contribution in [0.15, 0.2) is 29.2 Å². The number of hydrogen-bond acceptors (Lipinski definition) is 3. The van der Waals surface area contributed by atoms with Gasteiger partial charge in [-0.25, -0.2) is 13.1 Å². The predicted molar refractivity (Wildman–Crippen MR) is 59.9 cm³/mol. The van der Waals surface area contributed by atoms with Gasteiger partial charge in [-0.05, 0) is 38.6 Å². The number of hydrogen-bond donors (Lipinski definition) is 2. The molecule has 84 valence electrons. The molecule has 0 aromatic heterocycles. The van der Waals surface area contributed by atoms with Gasteiger partial charge in [-0.15, -0.1) is 0 Å². The molecular formula is C10H16N2O2S. The zero-order chi connectivity index (χ0) is 11.7. The summed E-state index contributed by atoms with van der Waals surface area (Å²) in [5.41, 5.74) is 6.14. The molecule has 0 aliphatic rings. The molecule has 0 saturated heterocycles. The van der Waals surface area contributed by atoms with Crippen LogP contribution >= 0.6 is 0 Å². The van der Waals surface area contributed by atoms with Crippen molar-refractivity contribution in [3.05, 3.63) is 29.8 Å². The first-order valence-corrected chi connectivity index (χ1v) is 6.08. The molecule has 3 N–H and O–H groups in total. The van der Waals surface area contributed by atoms with E-state index in [1.54, 1.807) is 18.2 Å². The molecule has 0 fully saturated rings. The average Bonchev–Trinajstić information content (AvgIpc) is 2.17. The van der Waals surface area contributed by atoms with Crippen LogP contribution in [0, 0.1) is 0 Å². The maximum atomic E-state index is 11.5. The van der Waals surface area contributed by atoms with Crippen LogP contribution in [0.2, 0.25) is 0 Å². The highest BCUT2D eigenvalue weighted by atomic mass is 32.2. The van der Waals surface area contributed by atoms with Gasteiger partial charge in [-0.1, -0.05) is 12.1 Å². The summed E-state index contributed by atoms with van der Waals surface area (Å²) in [6, 6.07) is 6.63. The maximum absolute atomic E-state index is 11.5. The van der Waals surface area contributed by atoms with E-state index in [1.807, 2.05) is 19.9 Å². The zero-order valence-electron chi connectivity index (χ0n) is 9.11. The molecule has 0 unspecified atom stereocenters. The Hall–Kier alpha value is -0.910. The van der Waals surface area contributed by atoms with Crippen LogP contribution in [0.5, 0.6) is 0 Å². The van der Waals surface area contributed by atoms with Gasteiger partial charge in [0.25, 0.3) is 0 Å². The number of sulfonamides is 1. The van der Waals surface area contributed by atoms with Crippen molar-refractivity contribution in [2.24, 2.45) is 5.73 Å². The summed E-state index contributed by atoms with van der Waals surface area (Å²) in [6.07, 6.45) is 0. The molecule has 0 spiro atoms. The minimum atomic E-state index is -3.39. The summed E-state index contributed by atoms with van der Waals surface area (Å²) >= 11 is 0. The third kappa shape index (κ3) is 2.77. The molecule has 0 atom stereocenters. The van der Waals surface area contributed by atoms with Gasteiger partial charge in [0, 0.05) is 5.54 Å². The van der Waals surface area contributed by atoms with Crippen molar-refractivity contribution < 1.29 is 8.42 Å². The molecule has 0 bridgehead atoms. The Bertz CT molecular complexity index is 447. The van der Waals surface area contributed by atoms with Crippen LogP contribution in [0.25, 0.3) is 0 Å². The number of nitrogens with two attached hydrogens (primary N) is 1. The highest BCUT2D eigenvalue weighted by Gasteiger charge is 2.17. The van der Waals surface area contributed by atoms with Crippen molar-refractivity contribution in [3.8, 4) is 0 Å². The molecule has 0 aliphatic carbocycles. The lowest BCUT2D eigenvalue weighted by molar-refractivity contribution is 0.551. The van der Waals surface area contributed by atoms with Gasteiger partial charge in [-0.2, -0.15) is 0 Å². The van der Waals surface area contributed by atoms with Crippen molar-refractivity contribution in [1.82, 2.24) is 4.72 Å². The van der Waals surface area contributed by atoms with Crippen LogP contribution in [0.1, 0.15) is 19.4 Å². The standard InChI is InChI=1S/C10H16N2O2S/c1-10(2,11)8-5-4-6-9(7-8)15(13,14)12-3/h4-7,12H,11H2,1-3H3. The van der Waals surface area contributed by atoms with Crippen molar-refractivity contribution in [1.29, 1.82) is 0 Å². The summed E-state index contributed by atoms with van der Waals surface area (Å²) < 4.78 is 25.3.